The fourth-order valence-electron chi connectivity index (χ4n) is 2.51. The van der Waals surface area contributed by atoms with E-state index in [0.717, 1.165) is 16.9 Å². The second-order valence-electron chi connectivity index (χ2n) is 5.68. The minimum absolute atomic E-state index is 0. The maximum absolute atomic E-state index is 11.0. The van der Waals surface area contributed by atoms with E-state index in [1.165, 1.54) is 12.1 Å². The van der Waals surface area contributed by atoms with Crippen molar-refractivity contribution < 1.29 is 75.9 Å². The van der Waals surface area contributed by atoms with Crippen LogP contribution in [0.5, 0.6) is 17.2 Å². The standard InChI is InChI=1S/C21H18O5.K/c1-25-17-7-2-14(3-8-17)13-26-18-9-4-15(5-10-18)16-6-11-20(22)19(12-16)21(23)24;/h2-12,22H,13H2,1H3,(H,23,24);/q;+1/p-1. The topological polar surface area (TPSA) is 78.8 Å². The molecule has 0 radical (unpaired) electrons. The Hall–Kier alpha value is -1.83. The predicted octanol–water partition coefficient (Wildman–Crippen LogP) is 0.0143. The van der Waals surface area contributed by atoms with Crippen LogP contribution >= 0.6 is 0 Å². The molecule has 6 heteroatoms. The Bertz CT molecular complexity index is 905. The van der Waals surface area contributed by atoms with Crippen molar-refractivity contribution in [1.82, 2.24) is 0 Å². The largest absolute Gasteiger partial charge is 1.00 e. The van der Waals surface area contributed by atoms with Gasteiger partial charge in [-0.15, -0.1) is 0 Å². The molecule has 0 heterocycles. The number of hydrogen-bond acceptors (Lipinski definition) is 5. The van der Waals surface area contributed by atoms with E-state index in [0.29, 0.717) is 17.9 Å². The first-order chi connectivity index (χ1) is 12.6. The maximum Gasteiger partial charge on any atom is 1.00 e. The van der Waals surface area contributed by atoms with Crippen LogP contribution in [0.25, 0.3) is 11.1 Å². The number of carbonyl (C=O) groups excluding carboxylic acids is 1. The van der Waals surface area contributed by atoms with Crippen molar-refractivity contribution in [2.24, 2.45) is 0 Å². The van der Waals surface area contributed by atoms with Crippen molar-refractivity contribution in [3.8, 4) is 28.4 Å². The van der Waals surface area contributed by atoms with Crippen molar-refractivity contribution >= 4 is 5.97 Å². The molecule has 0 unspecified atom stereocenters. The molecule has 3 aromatic rings. The van der Waals surface area contributed by atoms with E-state index in [1.807, 2.05) is 48.5 Å². The van der Waals surface area contributed by atoms with Gasteiger partial charge in [0.15, 0.2) is 0 Å². The Kier molecular flexibility index (Phi) is 7.88. The second kappa shape index (κ2) is 9.92. The van der Waals surface area contributed by atoms with E-state index >= 15 is 0 Å². The summed E-state index contributed by atoms with van der Waals surface area (Å²) in [6, 6.07) is 19.3. The molecule has 0 aromatic heterocycles. The normalized spacial score (nSPS) is 9.96. The van der Waals surface area contributed by atoms with Gasteiger partial charge in [0.2, 0.25) is 0 Å². The average molecular weight is 388 g/mol. The summed E-state index contributed by atoms with van der Waals surface area (Å²) in [6.07, 6.45) is 0. The van der Waals surface area contributed by atoms with Crippen LogP contribution < -0.4 is 66.0 Å². The minimum atomic E-state index is -1.41. The van der Waals surface area contributed by atoms with Gasteiger partial charge in [0.05, 0.1) is 13.1 Å². The SMILES string of the molecule is COc1ccc(COc2ccc(-c3ccc(O)c(C(=O)[O-])c3)cc2)cc1.[K+]. The molecular formula is C21H17KO5. The van der Waals surface area contributed by atoms with Crippen LogP contribution in [0.1, 0.15) is 15.9 Å². The maximum atomic E-state index is 11.0. The molecule has 0 saturated carbocycles. The van der Waals surface area contributed by atoms with Crippen LogP contribution in [-0.2, 0) is 6.61 Å². The zero-order chi connectivity index (χ0) is 18.5. The zero-order valence-electron chi connectivity index (χ0n) is 15.1. The van der Waals surface area contributed by atoms with Gasteiger partial charge >= 0.3 is 51.4 Å². The third kappa shape index (κ3) is 5.57. The first kappa shape index (κ1) is 21.5. The van der Waals surface area contributed by atoms with Gasteiger partial charge in [-0.3, -0.25) is 0 Å². The predicted molar refractivity (Wildman–Crippen MR) is 95.2 cm³/mol. The Morgan fingerprint density at radius 1 is 0.926 bits per heavy atom. The van der Waals surface area contributed by atoms with Gasteiger partial charge in [-0.05, 0) is 53.1 Å². The molecule has 1 N–H and O–H groups in total. The molecule has 0 aliphatic carbocycles. The zero-order valence-corrected chi connectivity index (χ0v) is 18.3. The molecule has 0 spiro atoms. The minimum Gasteiger partial charge on any atom is -0.545 e. The molecule has 3 rings (SSSR count). The summed E-state index contributed by atoms with van der Waals surface area (Å²) < 4.78 is 10.9. The number of carbonyl (C=O) groups is 1. The molecule has 0 bridgehead atoms. The van der Waals surface area contributed by atoms with Crippen LogP contribution in [0.3, 0.4) is 0 Å². The number of carboxylic acids is 1. The molecule has 0 atom stereocenters. The number of hydrogen-bond donors (Lipinski definition) is 1. The van der Waals surface area contributed by atoms with Crippen LogP contribution in [-0.4, -0.2) is 18.2 Å². The third-order valence-electron chi connectivity index (χ3n) is 3.97. The Morgan fingerprint density at radius 2 is 1.52 bits per heavy atom. The van der Waals surface area contributed by atoms with Gasteiger partial charge in [0.25, 0.3) is 0 Å². The fraction of sp³-hybridized carbons (Fsp3) is 0.0952. The molecular weight excluding hydrogens is 371 g/mol. The summed E-state index contributed by atoms with van der Waals surface area (Å²) in [7, 11) is 1.62. The van der Waals surface area contributed by atoms with Crippen molar-refractivity contribution in [3.05, 3.63) is 77.9 Å². The molecule has 27 heavy (non-hydrogen) atoms. The van der Waals surface area contributed by atoms with Crippen molar-refractivity contribution in [3.63, 3.8) is 0 Å². The number of benzene rings is 3. The second-order valence-corrected chi connectivity index (χ2v) is 5.68. The summed E-state index contributed by atoms with van der Waals surface area (Å²) in [5.41, 5.74) is 2.27. The van der Waals surface area contributed by atoms with E-state index in [9.17, 15) is 15.0 Å². The van der Waals surface area contributed by atoms with Gasteiger partial charge in [-0.25, -0.2) is 0 Å². The summed E-state index contributed by atoms with van der Waals surface area (Å²) in [4.78, 5) is 11.0. The summed E-state index contributed by atoms with van der Waals surface area (Å²) in [5, 5.41) is 20.6. The van der Waals surface area contributed by atoms with Crippen molar-refractivity contribution in [1.29, 1.82) is 0 Å². The van der Waals surface area contributed by atoms with Crippen molar-refractivity contribution in [2.75, 3.05) is 7.11 Å². The van der Waals surface area contributed by atoms with Gasteiger partial charge in [-0.2, -0.15) is 0 Å². The van der Waals surface area contributed by atoms with E-state index < -0.39 is 5.97 Å². The molecule has 0 saturated heterocycles. The third-order valence-corrected chi connectivity index (χ3v) is 3.97. The number of carboxylic acid groups (broad SMARTS) is 1. The number of aromatic hydroxyl groups is 1. The average Bonchev–Trinajstić information content (AvgIpc) is 2.67. The summed E-state index contributed by atoms with van der Waals surface area (Å²) in [5.74, 6) is -0.233. The van der Waals surface area contributed by atoms with Crippen LogP contribution in [0.4, 0.5) is 0 Å². The smallest absolute Gasteiger partial charge is 0.545 e. The first-order valence-electron chi connectivity index (χ1n) is 7.97. The van der Waals surface area contributed by atoms with E-state index in [2.05, 4.69) is 0 Å². The van der Waals surface area contributed by atoms with Crippen LogP contribution in [0.15, 0.2) is 66.7 Å². The number of aromatic carboxylic acids is 1. The molecule has 0 fully saturated rings. The van der Waals surface area contributed by atoms with E-state index in [-0.39, 0.29) is 62.7 Å². The fourth-order valence-corrected chi connectivity index (χ4v) is 2.51. The van der Waals surface area contributed by atoms with Gasteiger partial charge < -0.3 is 24.5 Å². The molecule has 0 amide bonds. The van der Waals surface area contributed by atoms with Crippen LogP contribution in [0.2, 0.25) is 0 Å². The summed E-state index contributed by atoms with van der Waals surface area (Å²) in [6.45, 7) is 0.428. The van der Waals surface area contributed by atoms with Gasteiger partial charge in [-0.1, -0.05) is 30.3 Å². The van der Waals surface area contributed by atoms with Gasteiger partial charge in [0.1, 0.15) is 23.9 Å². The Morgan fingerprint density at radius 3 is 2.11 bits per heavy atom. The molecule has 132 valence electrons. The van der Waals surface area contributed by atoms with E-state index in [1.54, 1.807) is 13.2 Å². The first-order valence-corrected chi connectivity index (χ1v) is 7.97. The Labute approximate surface area is 200 Å². The number of rotatable bonds is 6. The number of methoxy groups -OCH3 is 1. The molecule has 5 nitrogen and oxygen atoms in total. The van der Waals surface area contributed by atoms with Crippen molar-refractivity contribution in [2.45, 2.75) is 6.61 Å². The van der Waals surface area contributed by atoms with Crippen LogP contribution in [0, 0.1) is 0 Å². The number of ether oxygens (including phenoxy) is 2. The number of phenols is 1. The molecule has 3 aromatic carbocycles. The quantitative estimate of drug-likeness (QED) is 0.602. The molecule has 0 aliphatic rings. The monoisotopic (exact) mass is 388 g/mol. The summed E-state index contributed by atoms with van der Waals surface area (Å²) >= 11 is 0. The van der Waals surface area contributed by atoms with E-state index in [4.69, 9.17) is 9.47 Å². The Balaban J connectivity index is 0.00000261. The molecule has 0 aliphatic heterocycles. The van der Waals surface area contributed by atoms with Gasteiger partial charge in [0, 0.05) is 5.56 Å².